The fourth-order valence-electron chi connectivity index (χ4n) is 2.76. The van der Waals surface area contributed by atoms with Gasteiger partial charge in [0.2, 0.25) is 11.8 Å². The molecule has 0 aliphatic heterocycles. The summed E-state index contributed by atoms with van der Waals surface area (Å²) in [6.45, 7) is 0.725. The van der Waals surface area contributed by atoms with Gasteiger partial charge in [0, 0.05) is 13.0 Å². The predicted molar refractivity (Wildman–Crippen MR) is 89.1 cm³/mol. The van der Waals surface area contributed by atoms with Gasteiger partial charge in [-0.25, -0.2) is 4.39 Å². The van der Waals surface area contributed by atoms with Gasteiger partial charge in [0.25, 0.3) is 0 Å². The smallest absolute Gasteiger partial charge is 0.241 e. The summed E-state index contributed by atoms with van der Waals surface area (Å²) in [5.41, 5.74) is 0. The Balaban J connectivity index is 1.64. The summed E-state index contributed by atoms with van der Waals surface area (Å²) in [4.78, 5) is 25.6. The van der Waals surface area contributed by atoms with Crippen molar-refractivity contribution in [1.82, 2.24) is 10.2 Å². The first-order chi connectivity index (χ1) is 11.6. The van der Waals surface area contributed by atoms with E-state index in [0.29, 0.717) is 18.9 Å². The van der Waals surface area contributed by atoms with E-state index >= 15 is 0 Å². The highest BCUT2D eigenvalue weighted by molar-refractivity contribution is 5.85. The van der Waals surface area contributed by atoms with Crippen molar-refractivity contribution < 1.29 is 18.7 Å². The SMILES string of the molecule is CN(CCOc1ccc(F)cc1)C(=O)CNC(=O)C1CCCCC1. The molecule has 0 saturated heterocycles. The molecule has 1 N–H and O–H groups in total. The van der Waals surface area contributed by atoms with E-state index in [1.165, 1.54) is 23.5 Å². The number of nitrogens with one attached hydrogen (secondary N) is 1. The number of rotatable bonds is 7. The number of carbonyl (C=O) groups is 2. The van der Waals surface area contributed by atoms with Crippen LogP contribution in [0.1, 0.15) is 32.1 Å². The number of hydrogen-bond donors (Lipinski definition) is 1. The first-order valence-electron chi connectivity index (χ1n) is 8.46. The van der Waals surface area contributed by atoms with E-state index in [-0.39, 0.29) is 30.1 Å². The summed E-state index contributed by atoms with van der Waals surface area (Å²) in [6.07, 6.45) is 5.21. The molecule has 1 aromatic rings. The molecular weight excluding hydrogens is 311 g/mol. The zero-order chi connectivity index (χ0) is 17.4. The van der Waals surface area contributed by atoms with Crippen LogP contribution in [0, 0.1) is 11.7 Å². The van der Waals surface area contributed by atoms with Gasteiger partial charge < -0.3 is 15.0 Å². The van der Waals surface area contributed by atoms with Gasteiger partial charge in [-0.15, -0.1) is 0 Å². The van der Waals surface area contributed by atoms with Gasteiger partial charge in [0.1, 0.15) is 18.2 Å². The van der Waals surface area contributed by atoms with Crippen LogP contribution in [-0.4, -0.2) is 43.5 Å². The molecule has 2 rings (SSSR count). The average molecular weight is 336 g/mol. The number of likely N-dealkylation sites (N-methyl/N-ethyl adjacent to an activating group) is 1. The molecular formula is C18H25FN2O3. The number of ether oxygens (including phenoxy) is 1. The fraction of sp³-hybridized carbons (Fsp3) is 0.556. The third-order valence-electron chi connectivity index (χ3n) is 4.32. The minimum absolute atomic E-state index is 0.0148. The van der Waals surface area contributed by atoms with Crippen LogP contribution in [0.5, 0.6) is 5.75 Å². The Morgan fingerprint density at radius 3 is 2.54 bits per heavy atom. The van der Waals surface area contributed by atoms with Crippen molar-refractivity contribution in [1.29, 1.82) is 0 Å². The van der Waals surface area contributed by atoms with Gasteiger partial charge in [0.05, 0.1) is 13.1 Å². The van der Waals surface area contributed by atoms with Crippen molar-refractivity contribution in [2.24, 2.45) is 5.92 Å². The van der Waals surface area contributed by atoms with Gasteiger partial charge >= 0.3 is 0 Å². The third kappa shape index (κ3) is 5.83. The number of benzene rings is 1. The number of nitrogens with zero attached hydrogens (tertiary/aromatic N) is 1. The second kappa shape index (κ2) is 9.25. The zero-order valence-corrected chi connectivity index (χ0v) is 14.1. The second-order valence-corrected chi connectivity index (χ2v) is 6.17. The summed E-state index contributed by atoms with van der Waals surface area (Å²) < 4.78 is 18.2. The van der Waals surface area contributed by atoms with E-state index < -0.39 is 0 Å². The summed E-state index contributed by atoms with van der Waals surface area (Å²) in [5.74, 6) is 0.130. The molecule has 6 heteroatoms. The maximum absolute atomic E-state index is 12.8. The Labute approximate surface area is 142 Å². The van der Waals surface area contributed by atoms with Crippen molar-refractivity contribution in [2.75, 3.05) is 26.7 Å². The largest absolute Gasteiger partial charge is 0.492 e. The highest BCUT2D eigenvalue weighted by atomic mass is 19.1. The topological polar surface area (TPSA) is 58.6 Å². The summed E-state index contributed by atoms with van der Waals surface area (Å²) in [5, 5.41) is 2.73. The summed E-state index contributed by atoms with van der Waals surface area (Å²) >= 11 is 0. The molecule has 1 aliphatic carbocycles. The molecule has 2 amide bonds. The van der Waals surface area contributed by atoms with E-state index in [9.17, 15) is 14.0 Å². The lowest BCUT2D eigenvalue weighted by molar-refractivity contribution is -0.133. The monoisotopic (exact) mass is 336 g/mol. The lowest BCUT2D eigenvalue weighted by atomic mass is 9.89. The highest BCUT2D eigenvalue weighted by Crippen LogP contribution is 2.23. The summed E-state index contributed by atoms with van der Waals surface area (Å²) in [6, 6.07) is 5.74. The summed E-state index contributed by atoms with van der Waals surface area (Å²) in [7, 11) is 1.67. The number of amides is 2. The molecule has 1 aromatic carbocycles. The van der Waals surface area contributed by atoms with Gasteiger partial charge in [-0.05, 0) is 37.1 Å². The molecule has 0 atom stereocenters. The van der Waals surface area contributed by atoms with Crippen LogP contribution in [0.2, 0.25) is 0 Å². The Kier molecular flexibility index (Phi) is 7.03. The maximum atomic E-state index is 12.8. The first-order valence-corrected chi connectivity index (χ1v) is 8.46. The minimum atomic E-state index is -0.316. The van der Waals surface area contributed by atoms with Crippen LogP contribution in [0.25, 0.3) is 0 Å². The normalized spacial score (nSPS) is 14.9. The molecule has 132 valence electrons. The van der Waals surface area contributed by atoms with Gasteiger partial charge in [-0.3, -0.25) is 9.59 Å². The molecule has 0 bridgehead atoms. The van der Waals surface area contributed by atoms with Crippen LogP contribution in [0.15, 0.2) is 24.3 Å². The molecule has 5 nitrogen and oxygen atoms in total. The molecule has 0 radical (unpaired) electrons. The third-order valence-corrected chi connectivity index (χ3v) is 4.32. The fourth-order valence-corrected chi connectivity index (χ4v) is 2.76. The van der Waals surface area contributed by atoms with Crippen molar-refractivity contribution in [2.45, 2.75) is 32.1 Å². The molecule has 0 spiro atoms. The minimum Gasteiger partial charge on any atom is -0.492 e. The number of halogens is 1. The van der Waals surface area contributed by atoms with Crippen LogP contribution in [-0.2, 0) is 9.59 Å². The van der Waals surface area contributed by atoms with E-state index in [4.69, 9.17) is 4.74 Å². The quantitative estimate of drug-likeness (QED) is 0.831. The Bertz CT molecular complexity index is 542. The lowest BCUT2D eigenvalue weighted by Crippen LogP contribution is -2.41. The van der Waals surface area contributed by atoms with Gasteiger partial charge in [-0.2, -0.15) is 0 Å². The predicted octanol–water partition coefficient (Wildman–Crippen LogP) is 2.36. The van der Waals surface area contributed by atoms with E-state index in [1.807, 2.05) is 0 Å². The Morgan fingerprint density at radius 1 is 1.21 bits per heavy atom. The van der Waals surface area contributed by atoms with E-state index in [1.54, 1.807) is 19.2 Å². The number of carbonyl (C=O) groups excluding carboxylic acids is 2. The van der Waals surface area contributed by atoms with Crippen molar-refractivity contribution in [3.05, 3.63) is 30.1 Å². The standard InChI is InChI=1S/C18H25FN2O3/c1-21(11-12-24-16-9-7-15(19)8-10-16)17(22)13-20-18(23)14-5-3-2-4-6-14/h7-10,14H,2-6,11-13H2,1H3,(H,20,23). The van der Waals surface area contributed by atoms with E-state index in [2.05, 4.69) is 5.32 Å². The zero-order valence-electron chi connectivity index (χ0n) is 14.1. The van der Waals surface area contributed by atoms with Crippen LogP contribution >= 0.6 is 0 Å². The number of hydrogen-bond acceptors (Lipinski definition) is 3. The van der Waals surface area contributed by atoms with Crippen molar-refractivity contribution in [3.8, 4) is 5.75 Å². The molecule has 1 saturated carbocycles. The van der Waals surface area contributed by atoms with Crippen LogP contribution in [0.3, 0.4) is 0 Å². The molecule has 0 heterocycles. The maximum Gasteiger partial charge on any atom is 0.241 e. The average Bonchev–Trinajstić information content (AvgIpc) is 2.61. The first kappa shape index (κ1) is 18.2. The lowest BCUT2D eigenvalue weighted by Gasteiger charge is -2.22. The van der Waals surface area contributed by atoms with Crippen LogP contribution < -0.4 is 10.1 Å². The molecule has 0 unspecified atom stereocenters. The van der Waals surface area contributed by atoms with Gasteiger partial charge in [0.15, 0.2) is 0 Å². The van der Waals surface area contributed by atoms with Crippen molar-refractivity contribution >= 4 is 11.8 Å². The van der Waals surface area contributed by atoms with Gasteiger partial charge in [-0.1, -0.05) is 19.3 Å². The highest BCUT2D eigenvalue weighted by Gasteiger charge is 2.21. The van der Waals surface area contributed by atoms with Crippen molar-refractivity contribution in [3.63, 3.8) is 0 Å². The second-order valence-electron chi connectivity index (χ2n) is 6.17. The molecule has 0 aromatic heterocycles. The van der Waals surface area contributed by atoms with E-state index in [0.717, 1.165) is 25.7 Å². The molecule has 1 aliphatic rings. The Hall–Kier alpha value is -2.11. The Morgan fingerprint density at radius 2 is 1.88 bits per heavy atom. The van der Waals surface area contributed by atoms with Crippen LogP contribution in [0.4, 0.5) is 4.39 Å². The molecule has 24 heavy (non-hydrogen) atoms. The molecule has 1 fully saturated rings.